The van der Waals surface area contributed by atoms with Gasteiger partial charge in [-0.2, -0.15) is 10.2 Å². The van der Waals surface area contributed by atoms with Gasteiger partial charge in [-0.3, -0.25) is 9.67 Å². The lowest BCUT2D eigenvalue weighted by Crippen LogP contribution is -2.36. The quantitative estimate of drug-likeness (QED) is 0.332. The molecule has 0 fully saturated rings. The SMILES string of the molecule is CN=C(NCc1ccc(-n2nc(C)cc2C)nc1)NCc1ccnn1C.I. The first-order chi connectivity index (χ1) is 12.6. The van der Waals surface area contributed by atoms with Crippen LogP contribution in [-0.4, -0.2) is 37.6 Å². The van der Waals surface area contributed by atoms with Crippen LogP contribution < -0.4 is 10.6 Å². The van der Waals surface area contributed by atoms with Gasteiger partial charge >= 0.3 is 0 Å². The molecule has 2 N–H and O–H groups in total. The molecule has 0 saturated carbocycles. The topological polar surface area (TPSA) is 84.9 Å². The molecule has 0 aliphatic heterocycles. The molecular weight excluding hydrogens is 455 g/mol. The number of halogens is 1. The molecule has 0 aliphatic carbocycles. The number of nitrogens with zero attached hydrogens (tertiary/aromatic N) is 6. The second kappa shape index (κ2) is 9.49. The van der Waals surface area contributed by atoms with Crippen LogP contribution in [0.5, 0.6) is 0 Å². The summed E-state index contributed by atoms with van der Waals surface area (Å²) >= 11 is 0. The summed E-state index contributed by atoms with van der Waals surface area (Å²) < 4.78 is 3.68. The van der Waals surface area contributed by atoms with E-state index in [9.17, 15) is 0 Å². The van der Waals surface area contributed by atoms with E-state index in [-0.39, 0.29) is 24.0 Å². The largest absolute Gasteiger partial charge is 0.352 e. The lowest BCUT2D eigenvalue weighted by Gasteiger charge is -2.12. The molecule has 144 valence electrons. The highest BCUT2D eigenvalue weighted by molar-refractivity contribution is 14.0. The molecular formula is C18H25IN8. The zero-order valence-electron chi connectivity index (χ0n) is 16.0. The summed E-state index contributed by atoms with van der Waals surface area (Å²) in [5.41, 5.74) is 4.21. The average molecular weight is 480 g/mol. The Bertz CT molecular complexity index is 894. The van der Waals surface area contributed by atoms with Gasteiger partial charge in [0.2, 0.25) is 0 Å². The van der Waals surface area contributed by atoms with E-state index in [0.717, 1.165) is 34.4 Å². The number of aryl methyl sites for hydroxylation is 3. The van der Waals surface area contributed by atoms with Crippen molar-refractivity contribution in [3.05, 3.63) is 59.3 Å². The molecule has 0 atom stereocenters. The summed E-state index contributed by atoms with van der Waals surface area (Å²) in [4.78, 5) is 8.76. The van der Waals surface area contributed by atoms with Crippen LogP contribution in [0.3, 0.4) is 0 Å². The van der Waals surface area contributed by atoms with Crippen LogP contribution in [0.2, 0.25) is 0 Å². The summed E-state index contributed by atoms with van der Waals surface area (Å²) in [6.45, 7) is 5.29. The molecule has 0 spiro atoms. The summed E-state index contributed by atoms with van der Waals surface area (Å²) in [5, 5.41) is 15.2. The van der Waals surface area contributed by atoms with Crippen LogP contribution in [0.4, 0.5) is 0 Å². The zero-order valence-corrected chi connectivity index (χ0v) is 18.3. The molecule has 0 aromatic carbocycles. The Balaban J connectivity index is 0.00000261. The van der Waals surface area contributed by atoms with Gasteiger partial charge in [-0.05, 0) is 37.6 Å². The normalized spacial score (nSPS) is 11.2. The molecule has 0 unspecified atom stereocenters. The Morgan fingerprint density at radius 3 is 2.48 bits per heavy atom. The molecule has 0 bridgehead atoms. The van der Waals surface area contributed by atoms with Crippen LogP contribution in [0, 0.1) is 13.8 Å². The van der Waals surface area contributed by atoms with Crippen LogP contribution in [0.25, 0.3) is 5.82 Å². The molecule has 3 rings (SSSR count). The van der Waals surface area contributed by atoms with E-state index in [2.05, 4.69) is 30.8 Å². The highest BCUT2D eigenvalue weighted by atomic mass is 127. The Kier molecular flexibility index (Phi) is 7.34. The highest BCUT2D eigenvalue weighted by Gasteiger charge is 2.06. The molecule has 27 heavy (non-hydrogen) atoms. The molecule has 0 saturated heterocycles. The number of aromatic nitrogens is 5. The van der Waals surface area contributed by atoms with Crippen molar-refractivity contribution in [1.82, 2.24) is 35.2 Å². The molecule has 0 amide bonds. The van der Waals surface area contributed by atoms with E-state index in [1.165, 1.54) is 0 Å². The van der Waals surface area contributed by atoms with Crippen LogP contribution in [0.1, 0.15) is 22.6 Å². The minimum atomic E-state index is 0. The molecule has 3 aromatic heterocycles. The Labute approximate surface area is 176 Å². The number of pyridine rings is 1. The van der Waals surface area contributed by atoms with E-state index >= 15 is 0 Å². The van der Waals surface area contributed by atoms with E-state index in [1.54, 1.807) is 13.2 Å². The predicted octanol–water partition coefficient (Wildman–Crippen LogP) is 2.10. The predicted molar refractivity (Wildman–Crippen MR) is 116 cm³/mol. The summed E-state index contributed by atoms with van der Waals surface area (Å²) in [5.74, 6) is 1.55. The molecule has 9 heteroatoms. The molecule has 8 nitrogen and oxygen atoms in total. The molecule has 0 aliphatic rings. The summed E-state index contributed by atoms with van der Waals surface area (Å²) in [7, 11) is 3.67. The van der Waals surface area contributed by atoms with Crippen LogP contribution >= 0.6 is 24.0 Å². The van der Waals surface area contributed by atoms with Gasteiger partial charge in [0.15, 0.2) is 11.8 Å². The fraction of sp³-hybridized carbons (Fsp3) is 0.333. The first kappa shape index (κ1) is 20.9. The van der Waals surface area contributed by atoms with Gasteiger partial charge in [0.1, 0.15) is 0 Å². The zero-order chi connectivity index (χ0) is 18.5. The first-order valence-corrected chi connectivity index (χ1v) is 8.47. The van der Waals surface area contributed by atoms with Crippen molar-refractivity contribution < 1.29 is 0 Å². The number of hydrogen-bond donors (Lipinski definition) is 2. The Hall–Kier alpha value is -2.43. The van der Waals surface area contributed by atoms with Gasteiger partial charge in [-0.1, -0.05) is 6.07 Å². The van der Waals surface area contributed by atoms with Crippen molar-refractivity contribution in [3.8, 4) is 5.82 Å². The molecule has 3 heterocycles. The van der Waals surface area contributed by atoms with E-state index in [4.69, 9.17) is 0 Å². The van der Waals surface area contributed by atoms with Crippen molar-refractivity contribution in [1.29, 1.82) is 0 Å². The monoisotopic (exact) mass is 480 g/mol. The fourth-order valence-corrected chi connectivity index (χ4v) is 2.66. The van der Waals surface area contributed by atoms with Gasteiger partial charge in [-0.15, -0.1) is 24.0 Å². The standard InChI is InChI=1S/C18H24N8.HI/c1-13-9-14(2)26(24-13)17-6-5-15(10-20-17)11-21-18(19-3)22-12-16-7-8-23-25(16)4;/h5-10H,11-12H2,1-4H3,(H2,19,21,22);1H. The van der Waals surface area contributed by atoms with Gasteiger partial charge in [-0.25, -0.2) is 9.67 Å². The van der Waals surface area contributed by atoms with Crippen molar-refractivity contribution >= 4 is 29.9 Å². The van der Waals surface area contributed by atoms with Gasteiger partial charge in [0, 0.05) is 38.7 Å². The molecule has 0 radical (unpaired) electrons. The third kappa shape index (κ3) is 5.28. The van der Waals surface area contributed by atoms with Crippen LogP contribution in [-0.2, 0) is 20.1 Å². The van der Waals surface area contributed by atoms with Crippen molar-refractivity contribution in [2.45, 2.75) is 26.9 Å². The van der Waals surface area contributed by atoms with E-state index in [0.29, 0.717) is 13.1 Å². The van der Waals surface area contributed by atoms with Crippen molar-refractivity contribution in [2.75, 3.05) is 7.05 Å². The minimum Gasteiger partial charge on any atom is -0.352 e. The molecule has 3 aromatic rings. The van der Waals surface area contributed by atoms with E-state index in [1.807, 2.05) is 60.7 Å². The van der Waals surface area contributed by atoms with E-state index < -0.39 is 0 Å². The fourth-order valence-electron chi connectivity index (χ4n) is 2.66. The Morgan fingerprint density at radius 1 is 1.15 bits per heavy atom. The smallest absolute Gasteiger partial charge is 0.191 e. The number of rotatable bonds is 5. The average Bonchev–Trinajstić information content (AvgIpc) is 3.20. The Morgan fingerprint density at radius 2 is 1.93 bits per heavy atom. The number of guanidine groups is 1. The first-order valence-electron chi connectivity index (χ1n) is 8.47. The maximum Gasteiger partial charge on any atom is 0.191 e. The summed E-state index contributed by atoms with van der Waals surface area (Å²) in [6, 6.07) is 8.03. The maximum absolute atomic E-state index is 4.51. The lowest BCUT2D eigenvalue weighted by atomic mass is 10.3. The lowest BCUT2D eigenvalue weighted by molar-refractivity contribution is 0.684. The van der Waals surface area contributed by atoms with Gasteiger partial charge in [0.25, 0.3) is 0 Å². The third-order valence-electron chi connectivity index (χ3n) is 4.08. The minimum absolute atomic E-state index is 0. The third-order valence-corrected chi connectivity index (χ3v) is 4.08. The summed E-state index contributed by atoms with van der Waals surface area (Å²) in [6.07, 6.45) is 3.64. The van der Waals surface area contributed by atoms with Crippen LogP contribution in [0.15, 0.2) is 41.7 Å². The maximum atomic E-state index is 4.51. The number of nitrogens with one attached hydrogen (secondary N) is 2. The van der Waals surface area contributed by atoms with Gasteiger partial charge in [0.05, 0.1) is 17.9 Å². The number of hydrogen-bond acceptors (Lipinski definition) is 4. The second-order valence-corrected chi connectivity index (χ2v) is 6.09. The van der Waals surface area contributed by atoms with Crippen molar-refractivity contribution in [2.24, 2.45) is 12.0 Å². The second-order valence-electron chi connectivity index (χ2n) is 6.09. The van der Waals surface area contributed by atoms with Gasteiger partial charge < -0.3 is 10.6 Å². The number of aliphatic imine (C=N–C) groups is 1. The highest BCUT2D eigenvalue weighted by Crippen LogP contribution is 2.10. The van der Waals surface area contributed by atoms with Crippen molar-refractivity contribution in [3.63, 3.8) is 0 Å².